The number of hydrogen-bond donors (Lipinski definition) is 2. The smallest absolute Gasteiger partial charge is 0.468 e. The van der Waals surface area contributed by atoms with Crippen LogP contribution >= 0.6 is 11.3 Å². The predicted octanol–water partition coefficient (Wildman–Crippen LogP) is 6.09. The van der Waals surface area contributed by atoms with Crippen molar-refractivity contribution >= 4 is 37.3 Å². The van der Waals surface area contributed by atoms with Crippen LogP contribution in [-0.2, 0) is 34.2 Å². The number of ether oxygens (including phenoxy) is 2. The number of anilines is 1. The van der Waals surface area contributed by atoms with Gasteiger partial charge in [-0.2, -0.15) is 21.6 Å². The molecular formula is C27H24F4N2O5S2. The van der Waals surface area contributed by atoms with Gasteiger partial charge in [-0.25, -0.2) is 9.37 Å². The van der Waals surface area contributed by atoms with E-state index in [1.54, 1.807) is 29.0 Å². The Morgan fingerprint density at radius 1 is 1.10 bits per heavy atom. The molecule has 2 N–H and O–H groups in total. The molecule has 13 heteroatoms. The summed E-state index contributed by atoms with van der Waals surface area (Å²) in [5, 5.41) is 11.8. The average molecular weight is 597 g/mol. The average Bonchev–Trinajstić information content (AvgIpc) is 3.29. The summed E-state index contributed by atoms with van der Waals surface area (Å²) in [5.41, 5.74) is -2.81. The summed E-state index contributed by atoms with van der Waals surface area (Å²) in [6.45, 7) is 0.123. The molecule has 1 aliphatic rings. The molecule has 7 nitrogen and oxygen atoms in total. The van der Waals surface area contributed by atoms with Crippen LogP contribution in [0.5, 0.6) is 5.75 Å². The Hall–Kier alpha value is -3.26. The molecule has 5 rings (SSSR count). The van der Waals surface area contributed by atoms with Crippen molar-refractivity contribution < 1.29 is 40.6 Å². The molecule has 1 aliphatic carbocycles. The number of aliphatic hydroxyl groups excluding tert-OH is 1. The third kappa shape index (κ3) is 6.38. The largest absolute Gasteiger partial charge is 0.516 e. The van der Waals surface area contributed by atoms with Crippen molar-refractivity contribution in [2.24, 2.45) is 5.92 Å². The molecular weight excluding hydrogens is 572 g/mol. The van der Waals surface area contributed by atoms with Crippen molar-refractivity contribution in [3.63, 3.8) is 0 Å². The fraction of sp³-hybridized carbons (Fsp3) is 0.296. The van der Waals surface area contributed by atoms with Crippen molar-refractivity contribution in [2.45, 2.75) is 37.5 Å². The van der Waals surface area contributed by atoms with Crippen molar-refractivity contribution in [3.8, 4) is 5.75 Å². The van der Waals surface area contributed by atoms with Gasteiger partial charge in [-0.05, 0) is 78.3 Å². The number of hydrogen-bond acceptors (Lipinski definition) is 7. The van der Waals surface area contributed by atoms with Gasteiger partial charge in [-0.15, -0.1) is 11.3 Å². The monoisotopic (exact) mass is 596 g/mol. The SMILES string of the molecule is O=S(=O)(Nc1cccc(CC2CCc3ccc(OCOCc4nc5cc(F)ccc5s4)cc3C2O)c1)C(F)(F)F. The number of aryl methyl sites for hydroxylation is 1. The van der Waals surface area contributed by atoms with Gasteiger partial charge in [-0.3, -0.25) is 4.72 Å². The van der Waals surface area contributed by atoms with Gasteiger partial charge in [0.2, 0.25) is 0 Å². The van der Waals surface area contributed by atoms with Gasteiger partial charge in [-0.1, -0.05) is 18.2 Å². The minimum atomic E-state index is -5.53. The van der Waals surface area contributed by atoms with Crippen LogP contribution in [0.25, 0.3) is 10.2 Å². The van der Waals surface area contributed by atoms with Crippen molar-refractivity contribution in [1.82, 2.24) is 4.98 Å². The fourth-order valence-electron chi connectivity index (χ4n) is 4.66. The van der Waals surface area contributed by atoms with E-state index in [4.69, 9.17) is 9.47 Å². The van der Waals surface area contributed by atoms with Crippen LogP contribution in [0.4, 0.5) is 23.2 Å². The fourth-order valence-corrected chi connectivity index (χ4v) is 6.10. The molecule has 0 saturated carbocycles. The molecule has 40 heavy (non-hydrogen) atoms. The highest BCUT2D eigenvalue weighted by atomic mass is 32.2. The van der Waals surface area contributed by atoms with Gasteiger partial charge in [0.1, 0.15) is 23.2 Å². The van der Waals surface area contributed by atoms with Gasteiger partial charge < -0.3 is 14.6 Å². The summed E-state index contributed by atoms with van der Waals surface area (Å²) in [7, 11) is -5.53. The van der Waals surface area contributed by atoms with E-state index < -0.39 is 21.6 Å². The van der Waals surface area contributed by atoms with Crippen molar-refractivity contribution in [2.75, 3.05) is 11.5 Å². The van der Waals surface area contributed by atoms with Gasteiger partial charge in [0, 0.05) is 11.8 Å². The molecule has 0 radical (unpaired) electrons. The number of aromatic nitrogens is 1. The lowest BCUT2D eigenvalue weighted by Gasteiger charge is -2.30. The summed E-state index contributed by atoms with van der Waals surface area (Å²) < 4.78 is 88.1. The molecule has 1 aromatic heterocycles. The van der Waals surface area contributed by atoms with Gasteiger partial charge >= 0.3 is 15.5 Å². The van der Waals surface area contributed by atoms with Crippen molar-refractivity contribution in [3.05, 3.63) is 88.2 Å². The van der Waals surface area contributed by atoms with E-state index in [1.807, 2.05) is 6.07 Å². The van der Waals surface area contributed by atoms with E-state index in [1.165, 1.54) is 41.7 Å². The molecule has 0 amide bonds. The molecule has 2 atom stereocenters. The number of thiazole rings is 1. The molecule has 1 heterocycles. The number of nitrogens with one attached hydrogen (secondary N) is 1. The highest BCUT2D eigenvalue weighted by molar-refractivity contribution is 7.93. The number of aliphatic hydroxyl groups is 1. The lowest BCUT2D eigenvalue weighted by Crippen LogP contribution is -2.30. The summed E-state index contributed by atoms with van der Waals surface area (Å²) in [4.78, 5) is 4.34. The van der Waals surface area contributed by atoms with Crippen LogP contribution in [-0.4, -0.2) is 30.8 Å². The second-order valence-corrected chi connectivity index (χ2v) is 12.2. The molecule has 3 aromatic carbocycles. The van der Waals surface area contributed by atoms with E-state index in [0.29, 0.717) is 46.7 Å². The van der Waals surface area contributed by atoms with Gasteiger partial charge in [0.15, 0.2) is 6.79 Å². The molecule has 2 unspecified atom stereocenters. The maximum Gasteiger partial charge on any atom is 0.516 e. The second-order valence-electron chi connectivity index (χ2n) is 9.39. The lowest BCUT2D eigenvalue weighted by atomic mass is 9.78. The van der Waals surface area contributed by atoms with E-state index >= 15 is 0 Å². The third-order valence-corrected chi connectivity index (χ3v) is 8.70. The zero-order valence-electron chi connectivity index (χ0n) is 20.8. The number of sulfonamides is 1. The number of benzene rings is 3. The molecule has 0 fully saturated rings. The second kappa shape index (κ2) is 11.3. The summed E-state index contributed by atoms with van der Waals surface area (Å²) >= 11 is 1.40. The Labute approximate surface area is 231 Å². The van der Waals surface area contributed by atoms with E-state index in [2.05, 4.69) is 4.98 Å². The highest BCUT2D eigenvalue weighted by Gasteiger charge is 2.46. The summed E-state index contributed by atoms with van der Waals surface area (Å²) in [6.07, 6.45) is 0.809. The first kappa shape index (κ1) is 28.3. The maximum atomic E-state index is 13.4. The number of nitrogens with zero attached hydrogens (tertiary/aromatic N) is 1. The van der Waals surface area contributed by atoms with Crippen LogP contribution in [0.15, 0.2) is 60.7 Å². The maximum absolute atomic E-state index is 13.4. The molecule has 0 spiro atoms. The molecule has 212 valence electrons. The minimum absolute atomic E-state index is 0.0662. The number of alkyl halides is 3. The van der Waals surface area contributed by atoms with Crippen LogP contribution < -0.4 is 9.46 Å². The third-order valence-electron chi connectivity index (χ3n) is 6.58. The molecule has 0 aliphatic heterocycles. The van der Waals surface area contributed by atoms with Crippen molar-refractivity contribution in [1.29, 1.82) is 0 Å². The molecule has 0 saturated heterocycles. The first-order valence-corrected chi connectivity index (χ1v) is 14.5. The number of fused-ring (bicyclic) bond motifs is 2. The van der Waals surface area contributed by atoms with Crippen LogP contribution in [0.1, 0.15) is 34.2 Å². The standard InChI is InChI=1S/C27H24F4N2O5S2/c28-19-7-9-24-23(12-19)32-25(39-24)14-37-15-38-21-8-6-17-4-5-18(26(34)22(17)13-21)10-16-2-1-3-20(11-16)33-40(35,36)27(29,30)31/h1-3,6-9,11-13,18,26,33-34H,4-5,10,14-15H2. The normalized spacial score (nSPS) is 17.5. The number of halogens is 4. The number of rotatable bonds is 9. The van der Waals surface area contributed by atoms with E-state index in [0.717, 1.165) is 10.3 Å². The zero-order chi connectivity index (χ0) is 28.5. The Kier molecular flexibility index (Phi) is 8.00. The van der Waals surface area contributed by atoms with Crippen LogP contribution in [0.2, 0.25) is 0 Å². The van der Waals surface area contributed by atoms with Gasteiger partial charge in [0.25, 0.3) is 0 Å². The highest BCUT2D eigenvalue weighted by Crippen LogP contribution is 2.38. The zero-order valence-corrected chi connectivity index (χ0v) is 22.5. The van der Waals surface area contributed by atoms with Gasteiger partial charge in [0.05, 0.1) is 16.3 Å². The first-order chi connectivity index (χ1) is 19.0. The summed E-state index contributed by atoms with van der Waals surface area (Å²) in [5.74, 6) is -0.0990. The minimum Gasteiger partial charge on any atom is -0.468 e. The Morgan fingerprint density at radius 2 is 1.93 bits per heavy atom. The Balaban J connectivity index is 1.19. The first-order valence-electron chi connectivity index (χ1n) is 12.2. The summed E-state index contributed by atoms with van der Waals surface area (Å²) in [6, 6.07) is 15.5. The predicted molar refractivity (Wildman–Crippen MR) is 142 cm³/mol. The van der Waals surface area contributed by atoms with Crippen LogP contribution in [0, 0.1) is 11.7 Å². The lowest BCUT2D eigenvalue weighted by molar-refractivity contribution is -0.0429. The Bertz CT molecular complexity index is 1620. The van der Waals surface area contributed by atoms with Crippen LogP contribution in [0.3, 0.4) is 0 Å². The topological polar surface area (TPSA) is 97.8 Å². The Morgan fingerprint density at radius 3 is 2.73 bits per heavy atom. The van der Waals surface area contributed by atoms with E-state index in [-0.39, 0.29) is 30.8 Å². The quantitative estimate of drug-likeness (QED) is 0.138. The molecule has 0 bridgehead atoms. The van der Waals surface area contributed by atoms with E-state index in [9.17, 15) is 31.1 Å². The molecule has 4 aromatic rings.